The number of aromatic amines is 1. The number of aromatic nitrogens is 5. The van der Waals surface area contributed by atoms with E-state index in [1.165, 1.54) is 6.07 Å². The zero-order valence-electron chi connectivity index (χ0n) is 17.2. The van der Waals surface area contributed by atoms with Gasteiger partial charge in [0.05, 0.1) is 11.8 Å². The summed E-state index contributed by atoms with van der Waals surface area (Å²) in [5.41, 5.74) is 3.45. The Kier molecular flexibility index (Phi) is 4.86. The molecule has 1 saturated carbocycles. The maximum absolute atomic E-state index is 14.5. The minimum atomic E-state index is -0.350. The fourth-order valence-electron chi connectivity index (χ4n) is 4.33. The summed E-state index contributed by atoms with van der Waals surface area (Å²) in [7, 11) is 0. The van der Waals surface area contributed by atoms with Crippen LogP contribution in [0, 0.1) is 12.7 Å². The standard InChI is InChI=1S/C22H25FN6O/c1-3-30-16-6-4-15(5-7-16)27-22-25-10-18-17(9-24-20(18)28-22)14-8-19(23)21-26-13(2)11-29(21)12-14/h8-12,15-16H,3-7H2,1-2H3,(H2,24,25,27,28). The molecule has 4 aromatic heterocycles. The predicted molar refractivity (Wildman–Crippen MR) is 114 cm³/mol. The highest BCUT2D eigenvalue weighted by atomic mass is 19.1. The van der Waals surface area contributed by atoms with Gasteiger partial charge in [0.1, 0.15) is 5.65 Å². The summed E-state index contributed by atoms with van der Waals surface area (Å²) in [5.74, 6) is 0.263. The summed E-state index contributed by atoms with van der Waals surface area (Å²) < 4.78 is 21.9. The first kappa shape index (κ1) is 19.0. The van der Waals surface area contributed by atoms with Crippen molar-refractivity contribution in [3.05, 3.63) is 42.4 Å². The second-order valence-electron chi connectivity index (χ2n) is 7.92. The van der Waals surface area contributed by atoms with Crippen molar-refractivity contribution >= 4 is 22.6 Å². The van der Waals surface area contributed by atoms with Gasteiger partial charge in [-0.1, -0.05) is 0 Å². The van der Waals surface area contributed by atoms with E-state index in [0.717, 1.165) is 60.1 Å². The van der Waals surface area contributed by atoms with Gasteiger partial charge < -0.3 is 19.4 Å². The summed E-state index contributed by atoms with van der Waals surface area (Å²) in [6.45, 7) is 4.67. The number of H-pyrrole nitrogens is 1. The Bertz CT molecular complexity index is 1190. The Balaban J connectivity index is 1.38. The number of hydrogen-bond donors (Lipinski definition) is 2. The Morgan fingerprint density at radius 2 is 2.07 bits per heavy atom. The molecule has 0 radical (unpaired) electrons. The smallest absolute Gasteiger partial charge is 0.224 e. The SMILES string of the molecule is CCOC1CCC(Nc2ncc3c(-c4cc(F)c5nc(C)cn5c4)c[nH]c3n2)CC1. The largest absolute Gasteiger partial charge is 0.379 e. The maximum Gasteiger partial charge on any atom is 0.224 e. The number of ether oxygens (including phenoxy) is 1. The van der Waals surface area contributed by atoms with Gasteiger partial charge in [-0.2, -0.15) is 4.98 Å². The fraction of sp³-hybridized carbons (Fsp3) is 0.409. The van der Waals surface area contributed by atoms with Crippen LogP contribution in [0.4, 0.5) is 10.3 Å². The van der Waals surface area contributed by atoms with E-state index < -0.39 is 0 Å². The molecule has 0 bridgehead atoms. The van der Waals surface area contributed by atoms with E-state index in [2.05, 4.69) is 25.3 Å². The first-order valence-corrected chi connectivity index (χ1v) is 10.5. The van der Waals surface area contributed by atoms with Crippen LogP contribution in [0.3, 0.4) is 0 Å². The topological polar surface area (TPSA) is 80.1 Å². The molecule has 0 unspecified atom stereocenters. The molecule has 0 saturated heterocycles. The van der Waals surface area contributed by atoms with E-state index in [9.17, 15) is 4.39 Å². The number of rotatable bonds is 5. The lowest BCUT2D eigenvalue weighted by Gasteiger charge is -2.28. The number of aryl methyl sites for hydroxylation is 1. The molecule has 2 N–H and O–H groups in total. The second kappa shape index (κ2) is 7.68. The van der Waals surface area contributed by atoms with E-state index in [0.29, 0.717) is 23.7 Å². The third-order valence-corrected chi connectivity index (χ3v) is 5.78. The molecule has 0 aliphatic heterocycles. The van der Waals surface area contributed by atoms with Crippen molar-refractivity contribution in [3.63, 3.8) is 0 Å². The number of fused-ring (bicyclic) bond motifs is 2. The second-order valence-corrected chi connectivity index (χ2v) is 7.92. The van der Waals surface area contributed by atoms with Crippen LogP contribution in [0.2, 0.25) is 0 Å². The van der Waals surface area contributed by atoms with Crippen LogP contribution in [0.25, 0.3) is 27.8 Å². The normalized spacial score (nSPS) is 19.6. The lowest BCUT2D eigenvalue weighted by atomic mass is 9.93. The highest BCUT2D eigenvalue weighted by Gasteiger charge is 2.22. The van der Waals surface area contributed by atoms with E-state index in [1.807, 2.05) is 32.4 Å². The maximum atomic E-state index is 14.5. The number of imidazole rings is 1. The third kappa shape index (κ3) is 3.52. The summed E-state index contributed by atoms with van der Waals surface area (Å²) in [6, 6.07) is 1.86. The van der Waals surface area contributed by atoms with Gasteiger partial charge in [0.2, 0.25) is 5.95 Å². The highest BCUT2D eigenvalue weighted by molar-refractivity contribution is 5.93. The molecule has 4 heterocycles. The monoisotopic (exact) mass is 408 g/mol. The molecule has 5 rings (SSSR count). The van der Waals surface area contributed by atoms with Crippen molar-refractivity contribution in [2.75, 3.05) is 11.9 Å². The molecule has 7 nitrogen and oxygen atoms in total. The van der Waals surface area contributed by atoms with Gasteiger partial charge >= 0.3 is 0 Å². The molecule has 0 aromatic carbocycles. The van der Waals surface area contributed by atoms with Crippen molar-refractivity contribution in [3.8, 4) is 11.1 Å². The molecule has 8 heteroatoms. The first-order valence-electron chi connectivity index (χ1n) is 10.5. The summed E-state index contributed by atoms with van der Waals surface area (Å²) in [5, 5.41) is 4.31. The molecule has 156 valence electrons. The van der Waals surface area contributed by atoms with Crippen molar-refractivity contribution in [2.45, 2.75) is 51.7 Å². The average molecular weight is 408 g/mol. The minimum Gasteiger partial charge on any atom is -0.379 e. The van der Waals surface area contributed by atoms with Crippen molar-refractivity contribution in [1.29, 1.82) is 0 Å². The van der Waals surface area contributed by atoms with Crippen molar-refractivity contribution in [1.82, 2.24) is 24.3 Å². The number of hydrogen-bond acceptors (Lipinski definition) is 5. The van der Waals surface area contributed by atoms with Crippen LogP contribution in [-0.4, -0.2) is 43.1 Å². The zero-order chi connectivity index (χ0) is 20.7. The van der Waals surface area contributed by atoms with E-state index in [-0.39, 0.29) is 5.82 Å². The molecule has 30 heavy (non-hydrogen) atoms. The number of nitrogens with one attached hydrogen (secondary N) is 2. The Hall–Kier alpha value is -3.00. The number of halogens is 1. The van der Waals surface area contributed by atoms with Crippen molar-refractivity contribution < 1.29 is 9.13 Å². The van der Waals surface area contributed by atoms with Crippen LogP contribution in [-0.2, 0) is 4.74 Å². The Morgan fingerprint density at radius 1 is 1.23 bits per heavy atom. The lowest BCUT2D eigenvalue weighted by molar-refractivity contribution is 0.0346. The number of nitrogens with zero attached hydrogens (tertiary/aromatic N) is 4. The molecule has 1 fully saturated rings. The van der Waals surface area contributed by atoms with E-state index in [1.54, 1.807) is 10.6 Å². The van der Waals surface area contributed by atoms with Gasteiger partial charge in [-0.25, -0.2) is 14.4 Å². The van der Waals surface area contributed by atoms with Gasteiger partial charge in [0.25, 0.3) is 0 Å². The summed E-state index contributed by atoms with van der Waals surface area (Å²) >= 11 is 0. The van der Waals surface area contributed by atoms with Crippen molar-refractivity contribution in [2.24, 2.45) is 0 Å². The Labute approximate surface area is 173 Å². The molecule has 4 aromatic rings. The average Bonchev–Trinajstić information content (AvgIpc) is 3.32. The molecule has 0 amide bonds. The first-order chi connectivity index (χ1) is 14.6. The molecular weight excluding hydrogens is 383 g/mol. The van der Waals surface area contributed by atoms with Crippen LogP contribution in [0.15, 0.2) is 30.9 Å². The zero-order valence-corrected chi connectivity index (χ0v) is 17.2. The third-order valence-electron chi connectivity index (χ3n) is 5.78. The van der Waals surface area contributed by atoms with Gasteiger partial charge in [-0.15, -0.1) is 0 Å². The molecule has 0 atom stereocenters. The van der Waals surface area contributed by atoms with Crippen LogP contribution in [0.5, 0.6) is 0 Å². The molecule has 1 aliphatic rings. The van der Waals surface area contributed by atoms with Gasteiger partial charge in [-0.05, 0) is 45.6 Å². The summed E-state index contributed by atoms with van der Waals surface area (Å²) in [6.07, 6.45) is 11.9. The van der Waals surface area contributed by atoms with Gasteiger partial charge in [0, 0.05) is 53.9 Å². The predicted octanol–water partition coefficient (Wildman–Crippen LogP) is 4.48. The van der Waals surface area contributed by atoms with Crippen LogP contribution >= 0.6 is 0 Å². The Morgan fingerprint density at radius 3 is 2.87 bits per heavy atom. The van der Waals surface area contributed by atoms with E-state index >= 15 is 0 Å². The van der Waals surface area contributed by atoms with Gasteiger partial charge in [-0.3, -0.25) is 0 Å². The van der Waals surface area contributed by atoms with Gasteiger partial charge in [0.15, 0.2) is 11.5 Å². The van der Waals surface area contributed by atoms with Crippen LogP contribution < -0.4 is 5.32 Å². The lowest BCUT2D eigenvalue weighted by Crippen LogP contribution is -2.30. The number of pyridine rings is 1. The molecular formula is C22H25FN6O. The minimum absolute atomic E-state index is 0.331. The highest BCUT2D eigenvalue weighted by Crippen LogP contribution is 2.30. The quantitative estimate of drug-likeness (QED) is 0.509. The van der Waals surface area contributed by atoms with E-state index in [4.69, 9.17) is 4.74 Å². The molecule has 0 spiro atoms. The molecule has 1 aliphatic carbocycles. The fourth-order valence-corrected chi connectivity index (χ4v) is 4.33. The van der Waals surface area contributed by atoms with Crippen LogP contribution in [0.1, 0.15) is 38.3 Å². The summed E-state index contributed by atoms with van der Waals surface area (Å²) in [4.78, 5) is 16.6. The number of anilines is 1.